The van der Waals surface area contributed by atoms with Gasteiger partial charge in [0, 0.05) is 68.6 Å². The van der Waals surface area contributed by atoms with Gasteiger partial charge in [-0.15, -0.1) is 0 Å². The molecule has 0 atom stereocenters. The van der Waals surface area contributed by atoms with E-state index in [1.54, 1.807) is 0 Å². The summed E-state index contributed by atoms with van der Waals surface area (Å²) >= 11 is 0. The van der Waals surface area contributed by atoms with Crippen LogP contribution >= 0.6 is 0 Å². The van der Waals surface area contributed by atoms with Gasteiger partial charge in [-0.25, -0.2) is 9.98 Å². The minimum Gasteiger partial charge on any atom is -0.358 e. The zero-order valence-corrected chi connectivity index (χ0v) is 43.5. The lowest BCUT2D eigenvalue weighted by atomic mass is 9.86. The monoisotopic (exact) mass is 971 g/mol. The molecule has 0 aliphatic carbocycles. The van der Waals surface area contributed by atoms with Crippen molar-refractivity contribution >= 4 is 35.0 Å². The van der Waals surface area contributed by atoms with Crippen LogP contribution in [-0.2, 0) is 23.9 Å². The predicted molar refractivity (Wildman–Crippen MR) is 309 cm³/mol. The lowest BCUT2D eigenvalue weighted by molar-refractivity contribution is 0.602. The van der Waals surface area contributed by atoms with Crippen molar-refractivity contribution < 1.29 is 0 Å². The van der Waals surface area contributed by atoms with E-state index in [4.69, 9.17) is 20.0 Å². The Bertz CT molecular complexity index is 3250. The van der Waals surface area contributed by atoms with E-state index in [0.717, 1.165) is 116 Å². The number of nitrogens with zero attached hydrogens (tertiary/aromatic N) is 4. The van der Waals surface area contributed by atoms with Gasteiger partial charge in [0.25, 0.3) is 0 Å². The van der Waals surface area contributed by atoms with Crippen molar-refractivity contribution in [1.82, 2.24) is 19.9 Å². The third kappa shape index (κ3) is 10.6. The molecular weight excluding hydrogens is 905 g/mol. The summed E-state index contributed by atoms with van der Waals surface area (Å²) in [6, 6.07) is 59.5. The molecule has 4 N–H and O–H groups in total. The van der Waals surface area contributed by atoms with Gasteiger partial charge in [-0.3, -0.25) is 9.98 Å². The molecule has 2 aliphatic heterocycles. The summed E-state index contributed by atoms with van der Waals surface area (Å²) in [7, 11) is 0. The molecule has 0 saturated carbocycles. The van der Waals surface area contributed by atoms with Crippen molar-refractivity contribution in [2.24, 2.45) is 20.0 Å². The van der Waals surface area contributed by atoms with Crippen LogP contribution in [0.25, 0.3) is 11.1 Å². The van der Waals surface area contributed by atoms with Gasteiger partial charge in [0.2, 0.25) is 0 Å². The maximum Gasteiger partial charge on any atom is 0.0897 e. The Morgan fingerprint density at radius 3 is 1.16 bits per heavy atom. The highest BCUT2D eigenvalue weighted by Gasteiger charge is 2.32. The molecule has 0 spiro atoms. The first-order valence-electron chi connectivity index (χ1n) is 26.1. The maximum absolute atomic E-state index is 5.59. The molecule has 6 heterocycles. The fourth-order valence-corrected chi connectivity index (χ4v) is 10.1. The molecule has 0 unspecified atom stereocenters. The Morgan fingerprint density at radius 1 is 0.432 bits per heavy atom. The summed E-state index contributed by atoms with van der Waals surface area (Å²) in [6.45, 7) is 14.8. The summed E-state index contributed by atoms with van der Waals surface area (Å²) in [4.78, 5) is 35.7. The number of allylic oxidation sites excluding steroid dienone is 4. The summed E-state index contributed by atoms with van der Waals surface area (Å²) in [5.41, 5.74) is 20.6. The van der Waals surface area contributed by atoms with Gasteiger partial charge < -0.3 is 19.9 Å². The van der Waals surface area contributed by atoms with Crippen LogP contribution in [0.4, 0.5) is 0 Å². The molecule has 74 heavy (non-hydrogen) atoms. The van der Waals surface area contributed by atoms with Crippen molar-refractivity contribution in [1.29, 1.82) is 0 Å². The second-order valence-electron chi connectivity index (χ2n) is 20.4. The van der Waals surface area contributed by atoms with Crippen LogP contribution in [-0.4, -0.2) is 43.8 Å². The lowest BCUT2D eigenvalue weighted by Crippen LogP contribution is -2.20. The number of aromatic amines is 4. The molecule has 0 bridgehead atoms. The zero-order chi connectivity index (χ0) is 51.1. The Hall–Kier alpha value is -8.36. The van der Waals surface area contributed by atoms with E-state index in [-0.39, 0.29) is 10.8 Å². The Morgan fingerprint density at radius 2 is 0.784 bits per heavy atom. The van der Waals surface area contributed by atoms with Gasteiger partial charge in [0.05, 0.1) is 47.3 Å². The van der Waals surface area contributed by atoms with Gasteiger partial charge in [-0.1, -0.05) is 148 Å². The highest BCUT2D eigenvalue weighted by Crippen LogP contribution is 2.41. The third-order valence-electron chi connectivity index (χ3n) is 14.3. The van der Waals surface area contributed by atoms with Gasteiger partial charge in [0.15, 0.2) is 0 Å². The first-order chi connectivity index (χ1) is 36.1. The summed E-state index contributed by atoms with van der Waals surface area (Å²) in [6.07, 6.45) is 12.2. The number of rotatable bonds is 19. The van der Waals surface area contributed by atoms with E-state index in [1.807, 2.05) is 24.6 Å². The van der Waals surface area contributed by atoms with Crippen LogP contribution in [0.5, 0.6) is 0 Å². The van der Waals surface area contributed by atoms with E-state index in [2.05, 4.69) is 231 Å². The summed E-state index contributed by atoms with van der Waals surface area (Å²) < 4.78 is 0. The number of H-pyrrole nitrogens is 4. The quantitative estimate of drug-likeness (QED) is 0.0579. The van der Waals surface area contributed by atoms with Crippen molar-refractivity contribution in [2.45, 2.75) is 91.1 Å². The molecule has 8 aromatic rings. The van der Waals surface area contributed by atoms with E-state index < -0.39 is 0 Å². The van der Waals surface area contributed by atoms with E-state index in [0.29, 0.717) is 13.1 Å². The van der Waals surface area contributed by atoms with Crippen LogP contribution in [0, 0.1) is 0 Å². The number of aliphatic imine (C=N–C) groups is 4. The minimum atomic E-state index is -0.347. The fraction of sp³-hybridized carbons (Fsp3) is 0.212. The van der Waals surface area contributed by atoms with Crippen LogP contribution in [0.2, 0.25) is 0 Å². The second-order valence-corrected chi connectivity index (χ2v) is 20.4. The average Bonchev–Trinajstić information content (AvgIpc) is 4.30. The van der Waals surface area contributed by atoms with Crippen molar-refractivity contribution in [3.8, 4) is 0 Å². The molecule has 0 saturated heterocycles. The molecule has 10 rings (SSSR count). The zero-order valence-electron chi connectivity index (χ0n) is 43.5. The van der Waals surface area contributed by atoms with E-state index in [9.17, 15) is 0 Å². The molecule has 2 aliphatic rings. The minimum absolute atomic E-state index is 0.347. The van der Waals surface area contributed by atoms with Crippen molar-refractivity contribution in [3.63, 3.8) is 0 Å². The van der Waals surface area contributed by atoms with Crippen LogP contribution in [0.15, 0.2) is 225 Å². The predicted octanol–water partition coefficient (Wildman–Crippen LogP) is 15.5. The molecule has 370 valence electrons. The number of hydrogen-bond donors (Lipinski definition) is 4. The fourth-order valence-electron chi connectivity index (χ4n) is 10.1. The molecule has 0 amide bonds. The standard InChI is InChI=1S/C66H66N8/c1-7-21-49-39-55(73-63(49)61(47-27-17-11-18-28-47)53-33-37-59(71-53)65(3,4)57-35-31-51(69-57)43-67-41-45-23-13-9-14-24-45)56-40-50(22-8-2)64(74-56)62(48-29-19-12-20-30-48)54-34-38-60(72-54)66(5,6)58-36-32-52(70-58)44-68-42-46-25-15-10-16-26-46/h9-20,23-40,43-44,69-72H,7-8,21-22,41-42H2,1-6H3/b63-61-,64-62+,67-43?,68-44?. The summed E-state index contributed by atoms with van der Waals surface area (Å²) in [5, 5.41) is 0. The SMILES string of the molecule is CCCC1=CC(C2=N/C(=C(\c3ccccc3)c3ccc(C(C)(C)c4ccc(C=NCc5ccccc5)[nH]4)[nH]3)C(CCC)=C2)=N/C1=C(/c1ccccc1)c1ccc(C(C)(C)c2ccc(C=NCc3ccccc3)[nH]2)[nH]1. The Kier molecular flexibility index (Phi) is 14.5. The van der Waals surface area contributed by atoms with Crippen molar-refractivity contribution in [2.75, 3.05) is 0 Å². The Labute approximate surface area is 436 Å². The highest BCUT2D eigenvalue weighted by molar-refractivity contribution is 6.52. The Balaban J connectivity index is 0.997. The van der Waals surface area contributed by atoms with Crippen molar-refractivity contribution in [3.05, 3.63) is 272 Å². The highest BCUT2D eigenvalue weighted by atomic mass is 14.9. The van der Waals surface area contributed by atoms with Crippen LogP contribution < -0.4 is 0 Å². The van der Waals surface area contributed by atoms with Gasteiger partial charge >= 0.3 is 0 Å². The number of aromatic nitrogens is 4. The number of nitrogens with one attached hydrogen (secondary N) is 4. The molecular formula is C66H66N8. The van der Waals surface area contributed by atoms with Crippen LogP contribution in [0.1, 0.15) is 135 Å². The molecule has 0 fully saturated rings. The topological polar surface area (TPSA) is 113 Å². The molecule has 4 aromatic carbocycles. The first kappa shape index (κ1) is 49.2. The van der Waals surface area contributed by atoms with Crippen LogP contribution in [0.3, 0.4) is 0 Å². The van der Waals surface area contributed by atoms with Gasteiger partial charge in [-0.2, -0.15) is 0 Å². The first-order valence-corrected chi connectivity index (χ1v) is 26.1. The largest absolute Gasteiger partial charge is 0.358 e. The maximum atomic E-state index is 5.59. The molecule has 8 heteroatoms. The van der Waals surface area contributed by atoms with E-state index >= 15 is 0 Å². The molecule has 4 aromatic heterocycles. The van der Waals surface area contributed by atoms with E-state index in [1.165, 1.54) is 22.3 Å². The smallest absolute Gasteiger partial charge is 0.0897 e. The van der Waals surface area contributed by atoms with Gasteiger partial charge in [0.1, 0.15) is 0 Å². The van der Waals surface area contributed by atoms with Gasteiger partial charge in [-0.05, 0) is 135 Å². The second kappa shape index (κ2) is 21.8. The molecule has 8 nitrogen and oxygen atoms in total. The third-order valence-corrected chi connectivity index (χ3v) is 14.3. The lowest BCUT2D eigenvalue weighted by Gasteiger charge is -2.22. The molecule has 0 radical (unpaired) electrons. The summed E-state index contributed by atoms with van der Waals surface area (Å²) in [5.74, 6) is 0. The normalized spacial score (nSPS) is 15.5. The number of benzene rings is 4. The number of hydrogen-bond acceptors (Lipinski definition) is 4. The average molecular weight is 971 g/mol.